The molecule has 5 heteroatoms. The lowest BCUT2D eigenvalue weighted by Gasteiger charge is -2.13. The number of nitrogen functional groups attached to an aromatic ring is 1. The third kappa shape index (κ3) is 2.76. The van der Waals surface area contributed by atoms with E-state index in [1.165, 1.54) is 6.07 Å². The summed E-state index contributed by atoms with van der Waals surface area (Å²) in [5.74, 6) is -1.24. The summed E-state index contributed by atoms with van der Waals surface area (Å²) in [5.41, 5.74) is 6.58. The van der Waals surface area contributed by atoms with Gasteiger partial charge in [-0.05, 0) is 18.2 Å². The van der Waals surface area contributed by atoms with Crippen LogP contribution < -0.4 is 15.8 Å². The predicted molar refractivity (Wildman–Crippen MR) is 71.1 cm³/mol. The molecule has 0 radical (unpaired) electrons. The lowest BCUT2D eigenvalue weighted by Crippen LogP contribution is -2.07. The van der Waals surface area contributed by atoms with Crippen molar-refractivity contribution in [1.82, 2.24) is 0 Å². The van der Waals surface area contributed by atoms with E-state index >= 15 is 0 Å². The first kappa shape index (κ1) is 13.1. The smallest absolute Gasteiger partial charge is 0.183 e. The Hall–Kier alpha value is -2.30. The number of anilines is 2. The molecule has 2 rings (SSSR count). The molecule has 3 N–H and O–H groups in total. The summed E-state index contributed by atoms with van der Waals surface area (Å²) in [5, 5.41) is 2.79. The molecule has 0 aliphatic rings. The summed E-state index contributed by atoms with van der Waals surface area (Å²) in [4.78, 5) is 0. The van der Waals surface area contributed by atoms with E-state index in [0.717, 1.165) is 11.6 Å². The maximum absolute atomic E-state index is 13.6. The minimum atomic E-state index is -0.977. The fraction of sp³-hybridized carbons (Fsp3) is 0.143. The fourth-order valence-electron chi connectivity index (χ4n) is 1.78. The van der Waals surface area contributed by atoms with Gasteiger partial charge in [-0.25, -0.2) is 8.78 Å². The highest BCUT2D eigenvalue weighted by Crippen LogP contribution is 2.26. The summed E-state index contributed by atoms with van der Waals surface area (Å²) in [6.45, 7) is 0.286. The average molecular weight is 264 g/mol. The topological polar surface area (TPSA) is 47.3 Å². The normalized spacial score (nSPS) is 10.3. The van der Waals surface area contributed by atoms with E-state index < -0.39 is 11.6 Å². The Morgan fingerprint density at radius 3 is 2.63 bits per heavy atom. The minimum absolute atomic E-state index is 0.0362. The van der Waals surface area contributed by atoms with Crippen LogP contribution in [-0.4, -0.2) is 7.11 Å². The van der Waals surface area contributed by atoms with Crippen molar-refractivity contribution < 1.29 is 13.5 Å². The van der Waals surface area contributed by atoms with E-state index in [2.05, 4.69) is 5.32 Å². The van der Waals surface area contributed by atoms with Crippen LogP contribution in [0.25, 0.3) is 0 Å². The largest absolute Gasteiger partial charge is 0.496 e. The minimum Gasteiger partial charge on any atom is -0.496 e. The van der Waals surface area contributed by atoms with Crippen LogP contribution in [0.5, 0.6) is 5.75 Å². The third-order valence-corrected chi connectivity index (χ3v) is 2.78. The molecular formula is C14H14F2N2O. The Balaban J connectivity index is 2.21. The second-order valence-electron chi connectivity index (χ2n) is 3.99. The Morgan fingerprint density at radius 2 is 1.89 bits per heavy atom. The number of ether oxygens (including phenoxy) is 1. The first-order chi connectivity index (χ1) is 9.13. The van der Waals surface area contributed by atoms with Crippen LogP contribution in [0, 0.1) is 11.6 Å². The maximum Gasteiger partial charge on any atom is 0.183 e. The second kappa shape index (κ2) is 5.56. The summed E-state index contributed by atoms with van der Waals surface area (Å²) in [6.07, 6.45) is 0. The highest BCUT2D eigenvalue weighted by Gasteiger charge is 2.12. The van der Waals surface area contributed by atoms with Gasteiger partial charge in [-0.3, -0.25) is 0 Å². The monoisotopic (exact) mass is 264 g/mol. The Kier molecular flexibility index (Phi) is 3.85. The molecule has 0 saturated heterocycles. The zero-order chi connectivity index (χ0) is 13.8. The van der Waals surface area contributed by atoms with E-state index in [1.54, 1.807) is 13.2 Å². The Morgan fingerprint density at radius 1 is 1.16 bits per heavy atom. The number of hydrogen-bond acceptors (Lipinski definition) is 3. The molecule has 0 heterocycles. The van der Waals surface area contributed by atoms with Crippen LogP contribution in [0.15, 0.2) is 36.4 Å². The third-order valence-electron chi connectivity index (χ3n) is 2.78. The van der Waals surface area contributed by atoms with Crippen LogP contribution in [-0.2, 0) is 6.54 Å². The van der Waals surface area contributed by atoms with Gasteiger partial charge in [-0.15, -0.1) is 0 Å². The first-order valence-corrected chi connectivity index (χ1v) is 5.72. The van der Waals surface area contributed by atoms with E-state index in [0.29, 0.717) is 5.75 Å². The molecule has 3 nitrogen and oxygen atoms in total. The van der Waals surface area contributed by atoms with Crippen molar-refractivity contribution in [2.75, 3.05) is 18.2 Å². The molecule has 0 aliphatic carbocycles. The molecular weight excluding hydrogens is 250 g/mol. The van der Waals surface area contributed by atoms with Crippen molar-refractivity contribution in [3.05, 3.63) is 53.6 Å². The quantitative estimate of drug-likeness (QED) is 0.834. The number of para-hydroxylation sites is 1. The SMILES string of the molecule is COc1ccccc1CNc1c(N)ccc(F)c1F. The van der Waals surface area contributed by atoms with Crippen LogP contribution in [0.1, 0.15) is 5.56 Å². The molecule has 0 fully saturated rings. The molecule has 0 bridgehead atoms. The van der Waals surface area contributed by atoms with Crippen molar-refractivity contribution in [2.24, 2.45) is 0 Å². The van der Waals surface area contributed by atoms with Gasteiger partial charge in [0, 0.05) is 12.1 Å². The van der Waals surface area contributed by atoms with Gasteiger partial charge in [0.05, 0.1) is 18.5 Å². The summed E-state index contributed by atoms with van der Waals surface area (Å²) < 4.78 is 31.9. The van der Waals surface area contributed by atoms with E-state index in [4.69, 9.17) is 10.5 Å². The second-order valence-corrected chi connectivity index (χ2v) is 3.99. The fourth-order valence-corrected chi connectivity index (χ4v) is 1.78. The molecule has 100 valence electrons. The molecule has 2 aromatic carbocycles. The molecule has 2 aromatic rings. The number of methoxy groups -OCH3 is 1. The van der Waals surface area contributed by atoms with Crippen LogP contribution in [0.2, 0.25) is 0 Å². The van der Waals surface area contributed by atoms with Crippen molar-refractivity contribution in [3.8, 4) is 5.75 Å². The van der Waals surface area contributed by atoms with Gasteiger partial charge in [-0.1, -0.05) is 18.2 Å². The van der Waals surface area contributed by atoms with Gasteiger partial charge in [0.2, 0.25) is 0 Å². The van der Waals surface area contributed by atoms with Gasteiger partial charge >= 0.3 is 0 Å². The maximum atomic E-state index is 13.6. The molecule has 0 aromatic heterocycles. The highest BCUT2D eigenvalue weighted by atomic mass is 19.2. The zero-order valence-corrected chi connectivity index (χ0v) is 10.4. The molecule has 0 atom stereocenters. The number of nitrogens with one attached hydrogen (secondary N) is 1. The van der Waals surface area contributed by atoms with Gasteiger partial charge < -0.3 is 15.8 Å². The Bertz CT molecular complexity index is 588. The number of hydrogen-bond donors (Lipinski definition) is 2. The molecule has 19 heavy (non-hydrogen) atoms. The molecule has 0 amide bonds. The van der Waals surface area contributed by atoms with Gasteiger partial charge in [0.1, 0.15) is 5.75 Å². The van der Waals surface area contributed by atoms with Crippen LogP contribution in [0.4, 0.5) is 20.2 Å². The molecule has 0 aliphatic heterocycles. The standard InChI is InChI=1S/C14H14F2N2O/c1-19-12-5-3-2-4-9(12)8-18-14-11(17)7-6-10(15)13(14)16/h2-7,18H,8,17H2,1H3. The van der Waals surface area contributed by atoms with Gasteiger partial charge in [0.15, 0.2) is 11.6 Å². The highest BCUT2D eigenvalue weighted by molar-refractivity contribution is 5.67. The first-order valence-electron chi connectivity index (χ1n) is 5.72. The summed E-state index contributed by atoms with van der Waals surface area (Å²) in [7, 11) is 1.55. The van der Waals surface area contributed by atoms with Crippen molar-refractivity contribution in [1.29, 1.82) is 0 Å². The lowest BCUT2D eigenvalue weighted by molar-refractivity contribution is 0.410. The molecule has 0 unspecified atom stereocenters. The number of halogens is 2. The molecule has 0 spiro atoms. The van der Waals surface area contributed by atoms with Crippen LogP contribution >= 0.6 is 0 Å². The van der Waals surface area contributed by atoms with Crippen molar-refractivity contribution >= 4 is 11.4 Å². The van der Waals surface area contributed by atoms with E-state index in [1.807, 2.05) is 18.2 Å². The average Bonchev–Trinajstić information content (AvgIpc) is 2.43. The van der Waals surface area contributed by atoms with Crippen molar-refractivity contribution in [2.45, 2.75) is 6.54 Å². The summed E-state index contributed by atoms with van der Waals surface area (Å²) >= 11 is 0. The number of rotatable bonds is 4. The van der Waals surface area contributed by atoms with Gasteiger partial charge in [0.25, 0.3) is 0 Å². The summed E-state index contributed by atoms with van der Waals surface area (Å²) in [6, 6.07) is 9.62. The van der Waals surface area contributed by atoms with E-state index in [9.17, 15) is 8.78 Å². The number of benzene rings is 2. The zero-order valence-electron chi connectivity index (χ0n) is 10.4. The lowest BCUT2D eigenvalue weighted by atomic mass is 10.2. The van der Waals surface area contributed by atoms with Crippen LogP contribution in [0.3, 0.4) is 0 Å². The van der Waals surface area contributed by atoms with Crippen molar-refractivity contribution in [3.63, 3.8) is 0 Å². The predicted octanol–water partition coefficient (Wildman–Crippen LogP) is 3.17. The molecule has 0 saturated carbocycles. The van der Waals surface area contributed by atoms with Gasteiger partial charge in [-0.2, -0.15) is 0 Å². The van der Waals surface area contributed by atoms with E-state index in [-0.39, 0.29) is 17.9 Å². The number of nitrogens with two attached hydrogens (primary N) is 1. The Labute approximate surface area is 110 Å².